The van der Waals surface area contributed by atoms with Crippen LogP contribution in [0.25, 0.3) is 0 Å². The van der Waals surface area contributed by atoms with Gasteiger partial charge in [-0.15, -0.1) is 0 Å². The molecule has 4 heteroatoms. The van der Waals surface area contributed by atoms with Gasteiger partial charge in [-0.05, 0) is 49.3 Å². The molecule has 3 nitrogen and oxygen atoms in total. The fourth-order valence-electron chi connectivity index (χ4n) is 3.01. The van der Waals surface area contributed by atoms with Gasteiger partial charge in [0.25, 0.3) is 0 Å². The van der Waals surface area contributed by atoms with E-state index in [1.807, 2.05) is 13.8 Å². The molecule has 0 atom stereocenters. The molecule has 116 valence electrons. The predicted molar refractivity (Wildman–Crippen MR) is 88.6 cm³/mol. The highest BCUT2D eigenvalue weighted by Crippen LogP contribution is 2.38. The van der Waals surface area contributed by atoms with Crippen LogP contribution in [-0.2, 0) is 4.79 Å². The van der Waals surface area contributed by atoms with Crippen molar-refractivity contribution < 1.29 is 9.90 Å². The third-order valence-corrected chi connectivity index (χ3v) is 5.54. The lowest BCUT2D eigenvalue weighted by Crippen LogP contribution is -2.48. The second-order valence-electron chi connectivity index (χ2n) is 6.09. The molecule has 0 heterocycles. The summed E-state index contributed by atoms with van der Waals surface area (Å²) in [5.74, 6) is -0.0677. The summed E-state index contributed by atoms with van der Waals surface area (Å²) in [4.78, 5) is 11.5. The van der Waals surface area contributed by atoms with Crippen molar-refractivity contribution in [3.8, 4) is 0 Å². The fourth-order valence-corrected chi connectivity index (χ4v) is 3.27. The molecule has 0 bridgehead atoms. The van der Waals surface area contributed by atoms with Crippen LogP contribution in [0.5, 0.6) is 0 Å². The number of hydrogen-bond acceptors (Lipinski definition) is 2. The molecule has 0 amide bonds. The maximum absolute atomic E-state index is 11.5. The smallest absolute Gasteiger partial charge is 0.310 e. The summed E-state index contributed by atoms with van der Waals surface area (Å²) in [6.45, 7) is 4.50. The lowest BCUT2D eigenvalue weighted by Gasteiger charge is -2.39. The van der Waals surface area contributed by atoms with Gasteiger partial charge < -0.3 is 10.4 Å². The average Bonchev–Trinajstić information content (AvgIpc) is 2.43. The van der Waals surface area contributed by atoms with Crippen molar-refractivity contribution in [3.63, 3.8) is 0 Å². The van der Waals surface area contributed by atoms with E-state index in [-0.39, 0.29) is 0 Å². The van der Waals surface area contributed by atoms with Crippen LogP contribution in [-0.4, -0.2) is 23.7 Å². The number of nitrogens with one attached hydrogen (secondary N) is 1. The predicted octanol–water partition coefficient (Wildman–Crippen LogP) is 4.18. The van der Waals surface area contributed by atoms with Gasteiger partial charge >= 0.3 is 5.97 Å². The molecule has 0 unspecified atom stereocenters. The van der Waals surface area contributed by atoms with Crippen LogP contribution in [0.3, 0.4) is 0 Å². The molecule has 0 aliphatic heterocycles. The van der Waals surface area contributed by atoms with Gasteiger partial charge in [-0.3, -0.25) is 4.79 Å². The monoisotopic (exact) mass is 353 g/mol. The SMILES string of the molecule is CCC(CC)(CNC1CC(c2ccc(Br)cc2)C1)C(=O)O. The quantitative estimate of drug-likeness (QED) is 0.772. The third kappa shape index (κ3) is 3.67. The number of hydrogen-bond donors (Lipinski definition) is 2. The summed E-state index contributed by atoms with van der Waals surface area (Å²) >= 11 is 3.45. The highest BCUT2D eigenvalue weighted by molar-refractivity contribution is 9.10. The van der Waals surface area contributed by atoms with Crippen molar-refractivity contribution in [1.82, 2.24) is 5.32 Å². The van der Waals surface area contributed by atoms with E-state index in [0.29, 0.717) is 31.3 Å². The molecule has 1 fully saturated rings. The Bertz CT molecular complexity index is 476. The largest absolute Gasteiger partial charge is 0.481 e. The van der Waals surface area contributed by atoms with Crippen molar-refractivity contribution in [2.45, 2.75) is 51.5 Å². The van der Waals surface area contributed by atoms with E-state index in [1.54, 1.807) is 0 Å². The zero-order valence-electron chi connectivity index (χ0n) is 12.7. The van der Waals surface area contributed by atoms with Crippen LogP contribution in [0.15, 0.2) is 28.7 Å². The number of carboxylic acids is 1. The Morgan fingerprint density at radius 3 is 2.33 bits per heavy atom. The van der Waals surface area contributed by atoms with E-state index in [2.05, 4.69) is 45.5 Å². The zero-order chi connectivity index (χ0) is 15.5. The summed E-state index contributed by atoms with van der Waals surface area (Å²) in [7, 11) is 0. The molecule has 1 aliphatic carbocycles. The van der Waals surface area contributed by atoms with Crippen molar-refractivity contribution in [3.05, 3.63) is 34.3 Å². The van der Waals surface area contributed by atoms with E-state index in [4.69, 9.17) is 0 Å². The fraction of sp³-hybridized carbons (Fsp3) is 0.588. The first-order valence-electron chi connectivity index (χ1n) is 7.73. The van der Waals surface area contributed by atoms with E-state index in [1.165, 1.54) is 5.56 Å². The normalized spacial score (nSPS) is 21.9. The van der Waals surface area contributed by atoms with Crippen molar-refractivity contribution >= 4 is 21.9 Å². The number of rotatable bonds is 7. The van der Waals surface area contributed by atoms with Gasteiger partial charge in [-0.25, -0.2) is 0 Å². The summed E-state index contributed by atoms with van der Waals surface area (Å²) in [5.41, 5.74) is 0.773. The number of carboxylic acid groups (broad SMARTS) is 1. The Hall–Kier alpha value is -0.870. The molecule has 0 spiro atoms. The topological polar surface area (TPSA) is 49.3 Å². The van der Waals surface area contributed by atoms with Crippen LogP contribution in [0.2, 0.25) is 0 Å². The van der Waals surface area contributed by atoms with E-state index in [0.717, 1.165) is 17.3 Å². The van der Waals surface area contributed by atoms with Gasteiger partial charge in [0.05, 0.1) is 5.41 Å². The zero-order valence-corrected chi connectivity index (χ0v) is 14.3. The van der Waals surface area contributed by atoms with Gasteiger partial charge in [-0.2, -0.15) is 0 Å². The van der Waals surface area contributed by atoms with Gasteiger partial charge in [0, 0.05) is 17.1 Å². The Kier molecular flexibility index (Phi) is 5.44. The van der Waals surface area contributed by atoms with Crippen LogP contribution >= 0.6 is 15.9 Å². The van der Waals surface area contributed by atoms with Crippen LogP contribution in [0.4, 0.5) is 0 Å². The highest BCUT2D eigenvalue weighted by atomic mass is 79.9. The maximum Gasteiger partial charge on any atom is 0.310 e. The summed E-state index contributed by atoms with van der Waals surface area (Å²) in [6.07, 6.45) is 3.55. The first kappa shape index (κ1) is 16.5. The minimum atomic E-state index is -0.677. The van der Waals surface area contributed by atoms with Crippen molar-refractivity contribution in [1.29, 1.82) is 0 Å². The molecule has 0 radical (unpaired) electrons. The van der Waals surface area contributed by atoms with Gasteiger partial charge in [0.15, 0.2) is 0 Å². The first-order chi connectivity index (χ1) is 10.0. The summed E-state index contributed by atoms with van der Waals surface area (Å²) in [5, 5.41) is 12.9. The molecule has 2 rings (SSSR count). The number of halogens is 1. The second kappa shape index (κ2) is 6.93. The van der Waals surface area contributed by atoms with E-state index in [9.17, 15) is 9.90 Å². The lowest BCUT2D eigenvalue weighted by atomic mass is 9.75. The minimum absolute atomic E-state index is 0.454. The summed E-state index contributed by atoms with van der Waals surface area (Å²) in [6, 6.07) is 8.96. The Morgan fingerprint density at radius 1 is 1.29 bits per heavy atom. The first-order valence-corrected chi connectivity index (χ1v) is 8.52. The Balaban J connectivity index is 1.83. The number of benzene rings is 1. The molecule has 0 saturated heterocycles. The minimum Gasteiger partial charge on any atom is -0.481 e. The molecule has 1 aliphatic rings. The molecule has 0 aromatic heterocycles. The molecular formula is C17H24BrNO2. The number of carbonyl (C=O) groups is 1. The average molecular weight is 354 g/mol. The molecular weight excluding hydrogens is 330 g/mol. The van der Waals surface area contributed by atoms with Crippen molar-refractivity contribution in [2.75, 3.05) is 6.54 Å². The summed E-state index contributed by atoms with van der Waals surface area (Å²) < 4.78 is 1.11. The van der Waals surface area contributed by atoms with E-state index < -0.39 is 11.4 Å². The van der Waals surface area contributed by atoms with Crippen LogP contribution in [0.1, 0.15) is 51.0 Å². The molecule has 1 aromatic rings. The lowest BCUT2D eigenvalue weighted by molar-refractivity contribution is -0.149. The Labute approximate surface area is 135 Å². The second-order valence-corrected chi connectivity index (χ2v) is 7.01. The van der Waals surface area contributed by atoms with Gasteiger partial charge in [0.2, 0.25) is 0 Å². The molecule has 21 heavy (non-hydrogen) atoms. The maximum atomic E-state index is 11.5. The molecule has 2 N–H and O–H groups in total. The number of aliphatic carboxylic acids is 1. The highest BCUT2D eigenvalue weighted by Gasteiger charge is 2.37. The standard InChI is InChI=1S/C17H24BrNO2/c1-3-17(4-2,16(20)21)11-19-15-9-13(10-15)12-5-7-14(18)8-6-12/h5-8,13,15,19H,3-4,9-11H2,1-2H3,(H,20,21). The Morgan fingerprint density at radius 2 is 1.86 bits per heavy atom. The van der Waals surface area contributed by atoms with Crippen LogP contribution < -0.4 is 5.32 Å². The van der Waals surface area contributed by atoms with Crippen LogP contribution in [0, 0.1) is 5.41 Å². The van der Waals surface area contributed by atoms with E-state index >= 15 is 0 Å². The third-order valence-electron chi connectivity index (χ3n) is 5.02. The van der Waals surface area contributed by atoms with Crippen molar-refractivity contribution in [2.24, 2.45) is 5.41 Å². The van der Waals surface area contributed by atoms with Gasteiger partial charge in [-0.1, -0.05) is 41.9 Å². The molecule has 1 aromatic carbocycles. The van der Waals surface area contributed by atoms with Gasteiger partial charge in [0.1, 0.15) is 0 Å². The molecule has 1 saturated carbocycles.